The Balaban J connectivity index is 1.74. The van der Waals surface area contributed by atoms with E-state index in [1.165, 1.54) is 18.2 Å². The molecule has 0 bridgehead atoms. The number of carboxylic acid groups (broad SMARTS) is 1. The van der Waals surface area contributed by atoms with Crippen molar-refractivity contribution >= 4 is 29.2 Å². The number of carbonyl (C=O) groups is 2. The first-order chi connectivity index (χ1) is 13.5. The third-order valence-corrected chi connectivity index (χ3v) is 4.45. The molecule has 5 nitrogen and oxygen atoms in total. The molecule has 0 radical (unpaired) electrons. The minimum absolute atomic E-state index is 0.0101. The van der Waals surface area contributed by atoms with Gasteiger partial charge in [-0.15, -0.1) is 0 Å². The first-order valence-electron chi connectivity index (χ1n) is 8.70. The van der Waals surface area contributed by atoms with Gasteiger partial charge in [-0.3, -0.25) is 10.1 Å². The van der Waals surface area contributed by atoms with Crippen LogP contribution in [0.3, 0.4) is 0 Å². The number of carbonyl (C=O) groups excluding carboxylic acids is 1. The van der Waals surface area contributed by atoms with Crippen LogP contribution in [0.25, 0.3) is 0 Å². The van der Waals surface area contributed by atoms with Crippen molar-refractivity contribution in [1.29, 1.82) is 0 Å². The molecule has 28 heavy (non-hydrogen) atoms. The number of hydrogen-bond acceptors (Lipinski definition) is 3. The lowest BCUT2D eigenvalue weighted by Gasteiger charge is -2.20. The lowest BCUT2D eigenvalue weighted by Crippen LogP contribution is -2.32. The van der Waals surface area contributed by atoms with Crippen LogP contribution >= 0.6 is 11.6 Å². The summed E-state index contributed by atoms with van der Waals surface area (Å²) in [4.78, 5) is 23.8. The molecule has 0 aromatic heterocycles. The molecule has 6 heteroatoms. The van der Waals surface area contributed by atoms with Crippen molar-refractivity contribution in [3.63, 3.8) is 0 Å². The summed E-state index contributed by atoms with van der Waals surface area (Å²) in [5.41, 5.74) is 2.21. The van der Waals surface area contributed by atoms with E-state index in [-0.39, 0.29) is 29.7 Å². The normalized spacial score (nSPS) is 10.6. The van der Waals surface area contributed by atoms with Crippen LogP contribution in [0.1, 0.15) is 27.5 Å². The van der Waals surface area contributed by atoms with E-state index >= 15 is 0 Å². The van der Waals surface area contributed by atoms with Crippen LogP contribution in [-0.2, 0) is 4.79 Å². The second-order valence-corrected chi connectivity index (χ2v) is 6.61. The van der Waals surface area contributed by atoms with Gasteiger partial charge in [0, 0.05) is 5.02 Å². The lowest BCUT2D eigenvalue weighted by atomic mass is 9.99. The highest BCUT2D eigenvalue weighted by Crippen LogP contribution is 2.22. The van der Waals surface area contributed by atoms with Gasteiger partial charge in [-0.1, -0.05) is 72.3 Å². The van der Waals surface area contributed by atoms with Crippen molar-refractivity contribution in [3.8, 4) is 0 Å². The van der Waals surface area contributed by atoms with E-state index in [1.807, 2.05) is 60.7 Å². The zero-order valence-electron chi connectivity index (χ0n) is 14.9. The Morgan fingerprint density at radius 2 is 1.46 bits per heavy atom. The molecule has 0 fully saturated rings. The fraction of sp³-hybridized carbons (Fsp3) is 0.0909. The van der Waals surface area contributed by atoms with Gasteiger partial charge in [-0.2, -0.15) is 0 Å². The van der Waals surface area contributed by atoms with E-state index < -0.39 is 5.97 Å². The summed E-state index contributed by atoms with van der Waals surface area (Å²) in [6, 6.07) is 23.8. The average molecular weight is 395 g/mol. The number of nitrogens with one attached hydrogen (secondary N) is 2. The molecule has 0 saturated heterocycles. The fourth-order valence-corrected chi connectivity index (χ4v) is 3.08. The summed E-state index contributed by atoms with van der Waals surface area (Å²) in [5, 5.41) is 15.5. The molecule has 3 aromatic rings. The van der Waals surface area contributed by atoms with Gasteiger partial charge in [0.15, 0.2) is 0 Å². The number of benzene rings is 3. The van der Waals surface area contributed by atoms with Crippen LogP contribution < -0.4 is 10.6 Å². The summed E-state index contributed by atoms with van der Waals surface area (Å²) >= 11 is 5.85. The Kier molecular flexibility index (Phi) is 6.42. The molecule has 0 aliphatic rings. The maximum atomic E-state index is 12.4. The Bertz CT molecular complexity index is 923. The Morgan fingerprint density at radius 3 is 2.00 bits per heavy atom. The summed E-state index contributed by atoms with van der Waals surface area (Å²) in [5.74, 6) is -1.50. The van der Waals surface area contributed by atoms with Gasteiger partial charge >= 0.3 is 5.97 Å². The predicted molar refractivity (Wildman–Crippen MR) is 110 cm³/mol. The molecule has 0 saturated carbocycles. The summed E-state index contributed by atoms with van der Waals surface area (Å²) in [7, 11) is 0. The van der Waals surface area contributed by atoms with E-state index in [0.29, 0.717) is 5.02 Å². The summed E-state index contributed by atoms with van der Waals surface area (Å²) < 4.78 is 0. The second-order valence-electron chi connectivity index (χ2n) is 6.18. The molecule has 0 unspecified atom stereocenters. The smallest absolute Gasteiger partial charge is 0.337 e. The summed E-state index contributed by atoms with van der Waals surface area (Å²) in [6.07, 6.45) is 0. The third kappa shape index (κ3) is 4.97. The number of rotatable bonds is 7. The van der Waals surface area contributed by atoms with Crippen LogP contribution in [0.5, 0.6) is 0 Å². The van der Waals surface area contributed by atoms with E-state index in [2.05, 4.69) is 10.6 Å². The van der Waals surface area contributed by atoms with Crippen molar-refractivity contribution in [1.82, 2.24) is 5.32 Å². The molecule has 3 N–H and O–H groups in total. The molecular weight excluding hydrogens is 376 g/mol. The van der Waals surface area contributed by atoms with E-state index in [1.54, 1.807) is 0 Å². The predicted octanol–water partition coefficient (Wildman–Crippen LogP) is 4.36. The molecular formula is C22H19ClN2O3. The van der Waals surface area contributed by atoms with Gasteiger partial charge in [0.05, 0.1) is 23.8 Å². The fourth-order valence-electron chi connectivity index (χ4n) is 2.91. The molecule has 0 aliphatic heterocycles. The molecule has 0 aliphatic carbocycles. The van der Waals surface area contributed by atoms with E-state index in [0.717, 1.165) is 11.1 Å². The van der Waals surface area contributed by atoms with E-state index in [9.17, 15) is 14.7 Å². The second kappa shape index (κ2) is 9.17. The monoisotopic (exact) mass is 394 g/mol. The molecule has 3 rings (SSSR count). The molecule has 1 amide bonds. The van der Waals surface area contributed by atoms with Crippen molar-refractivity contribution in [2.75, 3.05) is 11.9 Å². The highest BCUT2D eigenvalue weighted by molar-refractivity contribution is 6.31. The van der Waals surface area contributed by atoms with Crippen molar-refractivity contribution < 1.29 is 14.7 Å². The zero-order chi connectivity index (χ0) is 19.9. The van der Waals surface area contributed by atoms with Crippen molar-refractivity contribution in [2.24, 2.45) is 0 Å². The van der Waals surface area contributed by atoms with Crippen LogP contribution in [-0.4, -0.2) is 23.5 Å². The maximum Gasteiger partial charge on any atom is 0.337 e. The Labute approximate surface area is 168 Å². The average Bonchev–Trinajstić information content (AvgIpc) is 2.71. The van der Waals surface area contributed by atoms with Gasteiger partial charge in [-0.25, -0.2) is 4.79 Å². The van der Waals surface area contributed by atoms with Crippen molar-refractivity contribution in [2.45, 2.75) is 6.04 Å². The topological polar surface area (TPSA) is 78.4 Å². The van der Waals surface area contributed by atoms with Gasteiger partial charge in [0.1, 0.15) is 0 Å². The van der Waals surface area contributed by atoms with Crippen LogP contribution in [0.4, 0.5) is 5.69 Å². The first kappa shape index (κ1) is 19.6. The van der Waals surface area contributed by atoms with Crippen molar-refractivity contribution in [3.05, 3.63) is 101 Å². The number of halogens is 1. The number of carboxylic acids is 1. The Morgan fingerprint density at radius 1 is 0.893 bits per heavy atom. The molecule has 0 atom stereocenters. The highest BCUT2D eigenvalue weighted by Gasteiger charge is 2.17. The highest BCUT2D eigenvalue weighted by atomic mass is 35.5. The first-order valence-corrected chi connectivity index (χ1v) is 9.08. The largest absolute Gasteiger partial charge is 0.478 e. The van der Waals surface area contributed by atoms with Gasteiger partial charge in [0.2, 0.25) is 5.91 Å². The van der Waals surface area contributed by atoms with E-state index in [4.69, 9.17) is 11.6 Å². The number of hydrogen-bond donors (Lipinski definition) is 3. The third-order valence-electron chi connectivity index (χ3n) is 4.22. The molecule has 0 heterocycles. The number of anilines is 1. The SMILES string of the molecule is O=C(CNC(c1ccccc1)c1ccccc1)Nc1ccc(Cl)cc1C(=O)O. The van der Waals surface area contributed by atoms with Gasteiger partial charge in [0.25, 0.3) is 0 Å². The molecule has 3 aromatic carbocycles. The lowest BCUT2D eigenvalue weighted by molar-refractivity contribution is -0.115. The van der Waals surface area contributed by atoms with Gasteiger partial charge in [-0.05, 0) is 29.3 Å². The number of aromatic carboxylic acids is 1. The molecule has 0 spiro atoms. The van der Waals surface area contributed by atoms with Crippen LogP contribution in [0.2, 0.25) is 5.02 Å². The van der Waals surface area contributed by atoms with Crippen LogP contribution in [0.15, 0.2) is 78.9 Å². The minimum atomic E-state index is -1.16. The summed E-state index contributed by atoms with van der Waals surface area (Å²) in [6.45, 7) is 0.0101. The Hall–Kier alpha value is -3.15. The maximum absolute atomic E-state index is 12.4. The standard InChI is InChI=1S/C22H19ClN2O3/c23-17-11-12-19(18(13-17)22(27)28)25-20(26)14-24-21(15-7-3-1-4-8-15)16-9-5-2-6-10-16/h1-13,21,24H,14H2,(H,25,26)(H,27,28). The van der Waals surface area contributed by atoms with Crippen LogP contribution in [0, 0.1) is 0 Å². The van der Waals surface area contributed by atoms with Gasteiger partial charge < -0.3 is 10.4 Å². The number of amides is 1. The quantitative estimate of drug-likeness (QED) is 0.556. The minimum Gasteiger partial charge on any atom is -0.478 e. The zero-order valence-corrected chi connectivity index (χ0v) is 15.7. The molecule has 142 valence electrons.